The van der Waals surface area contributed by atoms with Crippen LogP contribution >= 0.6 is 0 Å². The number of piperidine rings is 1. The number of carbonyl (C=O) groups is 1. The average molecular weight is 607 g/mol. The normalized spacial score (nSPS) is 28.7. The molecule has 1 spiro atoms. The molecule has 1 saturated carbocycles. The van der Waals surface area contributed by atoms with Crippen molar-refractivity contribution in [3.8, 4) is 11.5 Å². The average Bonchev–Trinajstić information content (AvgIpc) is 3.35. The van der Waals surface area contributed by atoms with Crippen LogP contribution in [0.15, 0.2) is 66.7 Å². The quantitative estimate of drug-likeness (QED) is 0.384. The van der Waals surface area contributed by atoms with Crippen molar-refractivity contribution in [2.45, 2.75) is 80.3 Å². The molecular formula is C35H37F3N2O4. The van der Waals surface area contributed by atoms with Crippen molar-refractivity contribution < 1.29 is 32.9 Å². The van der Waals surface area contributed by atoms with Crippen LogP contribution in [0.4, 0.5) is 13.2 Å². The van der Waals surface area contributed by atoms with Gasteiger partial charge in [0.2, 0.25) is 5.91 Å². The molecular weight excluding hydrogens is 569 g/mol. The first-order valence-corrected chi connectivity index (χ1v) is 15.5. The van der Waals surface area contributed by atoms with E-state index in [1.165, 1.54) is 17.7 Å². The Hall–Kier alpha value is -3.56. The molecule has 3 aromatic rings. The zero-order chi connectivity index (χ0) is 30.9. The van der Waals surface area contributed by atoms with E-state index in [2.05, 4.69) is 17.0 Å². The highest BCUT2D eigenvalue weighted by atomic mass is 19.4. The summed E-state index contributed by atoms with van der Waals surface area (Å²) in [6.07, 6.45) is -1.06. The van der Waals surface area contributed by atoms with Gasteiger partial charge < -0.3 is 19.8 Å². The maximum absolute atomic E-state index is 13.7. The van der Waals surface area contributed by atoms with Crippen LogP contribution in [0.1, 0.15) is 53.5 Å². The largest absolute Gasteiger partial charge is 0.504 e. The molecule has 2 N–H and O–H groups in total. The standard InChI is InChI=1S/C35H37F3N2O4/c1-39(30(42)16-9-23-7-11-25(12-8-23)35(36,37)38)27-14-15-29-33-18-20-40(19-17-22-5-3-2-4-6-22)28(34(27,33)43)21-24-10-13-26(41)32(44-29)31(24)33/h2-8,10-13,27-29,41,43H,9,14-21H2,1H3/t27?,28-,29?,33-,34-/m1/s1. The predicted molar refractivity (Wildman–Crippen MR) is 159 cm³/mol. The van der Waals surface area contributed by atoms with Crippen LogP contribution in [-0.2, 0) is 35.6 Å². The van der Waals surface area contributed by atoms with Gasteiger partial charge in [-0.2, -0.15) is 13.2 Å². The number of likely N-dealkylation sites (tertiary alicyclic amines) is 1. The number of phenols is 1. The number of rotatable bonds is 7. The third-order valence-corrected chi connectivity index (χ3v) is 10.9. The number of halogens is 3. The van der Waals surface area contributed by atoms with E-state index >= 15 is 0 Å². The second-order valence-corrected chi connectivity index (χ2v) is 12.9. The minimum atomic E-state index is -4.41. The molecule has 232 valence electrons. The van der Waals surface area contributed by atoms with Gasteiger partial charge in [0, 0.05) is 31.6 Å². The second kappa shape index (κ2) is 10.5. The zero-order valence-electron chi connectivity index (χ0n) is 24.7. The Kier molecular flexibility index (Phi) is 6.97. The van der Waals surface area contributed by atoms with Gasteiger partial charge in [0.15, 0.2) is 11.5 Å². The molecule has 1 amide bonds. The van der Waals surface area contributed by atoms with Gasteiger partial charge in [-0.3, -0.25) is 9.69 Å². The Morgan fingerprint density at radius 3 is 2.48 bits per heavy atom. The first kappa shape index (κ1) is 29.2. The van der Waals surface area contributed by atoms with E-state index in [4.69, 9.17) is 4.74 Å². The Morgan fingerprint density at radius 2 is 1.75 bits per heavy atom. The van der Waals surface area contributed by atoms with Gasteiger partial charge in [-0.05, 0) is 80.0 Å². The molecule has 44 heavy (non-hydrogen) atoms. The number of benzene rings is 3. The number of likely N-dealkylation sites (N-methyl/N-ethyl adjacent to an activating group) is 1. The number of ether oxygens (including phenoxy) is 1. The molecule has 2 heterocycles. The maximum Gasteiger partial charge on any atom is 0.416 e. The Labute approximate surface area is 255 Å². The van der Waals surface area contributed by atoms with E-state index in [9.17, 15) is 28.2 Å². The molecule has 3 aromatic carbocycles. The lowest BCUT2D eigenvalue weighted by Crippen LogP contribution is -2.81. The van der Waals surface area contributed by atoms with Crippen molar-refractivity contribution in [1.29, 1.82) is 0 Å². The van der Waals surface area contributed by atoms with Crippen molar-refractivity contribution in [2.24, 2.45) is 0 Å². The number of aryl methyl sites for hydroxylation is 1. The fourth-order valence-electron chi connectivity index (χ4n) is 8.77. The third-order valence-electron chi connectivity index (χ3n) is 10.9. The minimum Gasteiger partial charge on any atom is -0.504 e. The first-order chi connectivity index (χ1) is 21.0. The van der Waals surface area contributed by atoms with E-state index in [0.717, 1.165) is 42.8 Å². The molecule has 2 unspecified atom stereocenters. The van der Waals surface area contributed by atoms with E-state index in [0.29, 0.717) is 43.4 Å². The lowest BCUT2D eigenvalue weighted by molar-refractivity contribution is -0.217. The number of alkyl halides is 3. The number of carbonyl (C=O) groups excluding carboxylic acids is 1. The van der Waals surface area contributed by atoms with Crippen molar-refractivity contribution in [3.05, 3.63) is 94.5 Å². The maximum atomic E-state index is 13.7. The van der Waals surface area contributed by atoms with Gasteiger partial charge >= 0.3 is 6.18 Å². The Morgan fingerprint density at radius 1 is 1.02 bits per heavy atom. The van der Waals surface area contributed by atoms with Crippen molar-refractivity contribution in [1.82, 2.24) is 9.80 Å². The Bertz CT molecular complexity index is 1560. The molecule has 6 nitrogen and oxygen atoms in total. The van der Waals surface area contributed by atoms with Gasteiger partial charge in [-0.15, -0.1) is 0 Å². The molecule has 0 radical (unpaired) electrons. The van der Waals surface area contributed by atoms with E-state index < -0.39 is 28.8 Å². The van der Waals surface area contributed by atoms with Crippen LogP contribution in [0, 0.1) is 0 Å². The summed E-state index contributed by atoms with van der Waals surface area (Å²) in [4.78, 5) is 17.8. The molecule has 2 aliphatic carbocycles. The summed E-state index contributed by atoms with van der Waals surface area (Å²) in [5.41, 5.74) is 1.06. The predicted octanol–water partition coefficient (Wildman–Crippen LogP) is 5.27. The highest BCUT2D eigenvalue weighted by Crippen LogP contribution is 2.66. The first-order valence-electron chi connectivity index (χ1n) is 15.5. The van der Waals surface area contributed by atoms with Gasteiger partial charge in [0.1, 0.15) is 11.7 Å². The van der Waals surface area contributed by atoms with E-state index in [1.807, 2.05) is 24.3 Å². The summed E-state index contributed by atoms with van der Waals surface area (Å²) in [7, 11) is 1.74. The lowest BCUT2D eigenvalue weighted by atomic mass is 9.47. The summed E-state index contributed by atoms with van der Waals surface area (Å²) in [6, 6.07) is 18.1. The number of nitrogens with zero attached hydrogens (tertiary/aromatic N) is 2. The summed E-state index contributed by atoms with van der Waals surface area (Å²) in [5, 5.41) is 24.1. The minimum absolute atomic E-state index is 0.0809. The van der Waals surface area contributed by atoms with Crippen LogP contribution in [0.25, 0.3) is 0 Å². The van der Waals surface area contributed by atoms with E-state index in [1.54, 1.807) is 18.0 Å². The van der Waals surface area contributed by atoms with E-state index in [-0.39, 0.29) is 30.2 Å². The number of phenolic OH excluding ortho intramolecular Hbond substituents is 1. The summed E-state index contributed by atoms with van der Waals surface area (Å²) in [5.74, 6) is 0.393. The number of aromatic hydroxyl groups is 1. The van der Waals surface area contributed by atoms with Crippen LogP contribution in [0.5, 0.6) is 11.5 Å². The number of hydrogen-bond acceptors (Lipinski definition) is 5. The Balaban J connectivity index is 1.19. The summed E-state index contributed by atoms with van der Waals surface area (Å²) in [6.45, 7) is 1.53. The summed E-state index contributed by atoms with van der Waals surface area (Å²) >= 11 is 0. The van der Waals surface area contributed by atoms with Crippen LogP contribution in [0.2, 0.25) is 0 Å². The molecule has 0 aromatic heterocycles. The highest BCUT2D eigenvalue weighted by molar-refractivity contribution is 5.77. The van der Waals surface area contributed by atoms with Gasteiger partial charge in [-0.1, -0.05) is 48.5 Å². The monoisotopic (exact) mass is 606 g/mol. The molecule has 9 heteroatoms. The smallest absolute Gasteiger partial charge is 0.416 e. The molecule has 5 atom stereocenters. The molecule has 2 aliphatic heterocycles. The van der Waals surface area contributed by atoms with Crippen molar-refractivity contribution in [3.63, 3.8) is 0 Å². The topological polar surface area (TPSA) is 73.2 Å². The SMILES string of the molecule is CN(C(=O)CCc1ccc(C(F)(F)F)cc1)C1CCC2Oc3c(O)ccc4c3[C@@]23CCN(CCc2ccccc2)[C@H](C4)[C@]13O. The fourth-order valence-corrected chi connectivity index (χ4v) is 8.77. The molecule has 7 rings (SSSR count). The van der Waals surface area contributed by atoms with Gasteiger partial charge in [0.25, 0.3) is 0 Å². The highest BCUT2D eigenvalue weighted by Gasteiger charge is 2.74. The van der Waals surface area contributed by atoms with Crippen LogP contribution < -0.4 is 4.74 Å². The number of hydrogen-bond donors (Lipinski definition) is 2. The van der Waals surface area contributed by atoms with Crippen molar-refractivity contribution in [2.75, 3.05) is 20.1 Å². The molecule has 2 bridgehead atoms. The van der Waals surface area contributed by atoms with Gasteiger partial charge in [0.05, 0.1) is 17.0 Å². The van der Waals surface area contributed by atoms with Crippen LogP contribution in [0.3, 0.4) is 0 Å². The summed E-state index contributed by atoms with van der Waals surface area (Å²) < 4.78 is 45.5. The lowest BCUT2D eigenvalue weighted by Gasteiger charge is -2.66. The zero-order valence-corrected chi connectivity index (χ0v) is 24.7. The third kappa shape index (κ3) is 4.34. The number of aliphatic hydroxyl groups is 1. The second-order valence-electron chi connectivity index (χ2n) is 12.9. The molecule has 2 fully saturated rings. The van der Waals surface area contributed by atoms with Crippen molar-refractivity contribution >= 4 is 5.91 Å². The number of amides is 1. The molecule has 1 saturated heterocycles. The van der Waals surface area contributed by atoms with Gasteiger partial charge in [-0.25, -0.2) is 0 Å². The molecule has 4 aliphatic rings. The van der Waals surface area contributed by atoms with Crippen LogP contribution in [-0.4, -0.2) is 69.8 Å². The fraction of sp³-hybridized carbons (Fsp3) is 0.457.